The second-order valence-corrected chi connectivity index (χ2v) is 7.76. The minimum atomic E-state index is -4.11. The molecule has 0 aliphatic carbocycles. The fourth-order valence-corrected chi connectivity index (χ4v) is 3.04. The van der Waals surface area contributed by atoms with Crippen LogP contribution >= 0.6 is 0 Å². The lowest BCUT2D eigenvalue weighted by Gasteiger charge is -2.17. The Labute approximate surface area is 162 Å². The zero-order valence-corrected chi connectivity index (χ0v) is 16.3. The second-order valence-electron chi connectivity index (χ2n) is 6.20. The number of halogens is 1. The van der Waals surface area contributed by atoms with Crippen molar-refractivity contribution in [1.82, 2.24) is 5.32 Å². The summed E-state index contributed by atoms with van der Waals surface area (Å²) in [4.78, 5) is 23.7. The van der Waals surface area contributed by atoms with Crippen LogP contribution in [0.4, 0.5) is 4.39 Å². The largest absolute Gasteiger partial charge is 0.452 e. The molecule has 2 aromatic rings. The van der Waals surface area contributed by atoms with E-state index in [0.29, 0.717) is 6.42 Å². The zero-order valence-electron chi connectivity index (χ0n) is 15.4. The second kappa shape index (κ2) is 8.94. The molecule has 2 aromatic carbocycles. The van der Waals surface area contributed by atoms with Gasteiger partial charge in [0, 0.05) is 0 Å². The Morgan fingerprint density at radius 2 is 1.82 bits per heavy atom. The van der Waals surface area contributed by atoms with Crippen molar-refractivity contribution in [1.29, 1.82) is 0 Å². The van der Waals surface area contributed by atoms with Crippen LogP contribution in [-0.4, -0.2) is 26.9 Å². The van der Waals surface area contributed by atoms with E-state index < -0.39 is 44.8 Å². The summed E-state index contributed by atoms with van der Waals surface area (Å²) in [5.74, 6) is -2.71. The monoisotopic (exact) mass is 408 g/mol. The Bertz CT molecular complexity index is 974. The van der Waals surface area contributed by atoms with Crippen molar-refractivity contribution in [3.8, 4) is 0 Å². The lowest BCUT2D eigenvalue weighted by Crippen LogP contribution is -2.32. The Morgan fingerprint density at radius 1 is 1.18 bits per heavy atom. The average Bonchev–Trinajstić information content (AvgIpc) is 2.64. The summed E-state index contributed by atoms with van der Waals surface area (Å²) in [5.41, 5.74) is 1.37. The molecule has 9 heteroatoms. The van der Waals surface area contributed by atoms with Crippen LogP contribution in [0.5, 0.6) is 0 Å². The van der Waals surface area contributed by atoms with Crippen LogP contribution in [0.2, 0.25) is 0 Å². The number of carbonyl (C=O) groups excluding carboxylic acids is 2. The molecule has 0 aromatic heterocycles. The summed E-state index contributed by atoms with van der Waals surface area (Å²) in [6.45, 7) is 3.21. The van der Waals surface area contributed by atoms with Gasteiger partial charge in [-0.25, -0.2) is 22.7 Å². The molecule has 0 unspecified atom stereocenters. The number of benzene rings is 2. The molecule has 1 amide bonds. The van der Waals surface area contributed by atoms with Gasteiger partial charge in [-0.1, -0.05) is 36.8 Å². The number of hydrogen-bond donors (Lipinski definition) is 2. The van der Waals surface area contributed by atoms with Gasteiger partial charge < -0.3 is 10.1 Å². The van der Waals surface area contributed by atoms with Crippen LogP contribution in [0, 0.1) is 12.7 Å². The first-order valence-corrected chi connectivity index (χ1v) is 10.0. The fourth-order valence-electron chi connectivity index (χ4n) is 2.50. The molecule has 28 heavy (non-hydrogen) atoms. The number of hydrogen-bond acceptors (Lipinski definition) is 5. The third kappa shape index (κ3) is 5.61. The topological polar surface area (TPSA) is 116 Å². The van der Waals surface area contributed by atoms with Crippen LogP contribution < -0.4 is 10.5 Å². The molecule has 0 aliphatic rings. The molecule has 2 rings (SSSR count). The number of primary sulfonamides is 1. The minimum Gasteiger partial charge on any atom is -0.452 e. The van der Waals surface area contributed by atoms with Gasteiger partial charge in [0.05, 0.1) is 16.5 Å². The summed E-state index contributed by atoms with van der Waals surface area (Å²) in [6, 6.07) is 9.86. The molecular weight excluding hydrogens is 387 g/mol. The molecule has 0 aliphatic heterocycles. The summed E-state index contributed by atoms with van der Waals surface area (Å²) < 4.78 is 41.3. The minimum absolute atomic E-state index is 0.269. The normalized spacial score (nSPS) is 12.3. The molecule has 0 spiro atoms. The quantitative estimate of drug-likeness (QED) is 0.682. The van der Waals surface area contributed by atoms with E-state index in [0.717, 1.165) is 29.3 Å². The van der Waals surface area contributed by atoms with Gasteiger partial charge in [-0.15, -0.1) is 0 Å². The van der Waals surface area contributed by atoms with Crippen molar-refractivity contribution in [2.45, 2.75) is 31.2 Å². The predicted octanol–water partition coefficient (Wildman–Crippen LogP) is 2.21. The van der Waals surface area contributed by atoms with Crippen LogP contribution in [0.1, 0.15) is 40.9 Å². The van der Waals surface area contributed by atoms with Gasteiger partial charge in [0.1, 0.15) is 5.82 Å². The van der Waals surface area contributed by atoms with E-state index in [2.05, 4.69) is 5.32 Å². The number of aryl methyl sites for hydroxylation is 1. The van der Waals surface area contributed by atoms with E-state index in [4.69, 9.17) is 9.88 Å². The van der Waals surface area contributed by atoms with Crippen molar-refractivity contribution >= 4 is 21.9 Å². The van der Waals surface area contributed by atoms with E-state index in [1.807, 2.05) is 38.1 Å². The highest BCUT2D eigenvalue weighted by molar-refractivity contribution is 7.89. The lowest BCUT2D eigenvalue weighted by molar-refractivity contribution is -0.125. The number of carbonyl (C=O) groups is 2. The van der Waals surface area contributed by atoms with Crippen LogP contribution in [0.25, 0.3) is 0 Å². The highest BCUT2D eigenvalue weighted by Crippen LogP contribution is 2.18. The van der Waals surface area contributed by atoms with Gasteiger partial charge in [0.25, 0.3) is 5.91 Å². The Morgan fingerprint density at radius 3 is 2.39 bits per heavy atom. The van der Waals surface area contributed by atoms with Crippen molar-refractivity contribution in [2.75, 3.05) is 6.61 Å². The Balaban J connectivity index is 2.02. The number of rotatable bonds is 7. The van der Waals surface area contributed by atoms with Gasteiger partial charge in [0.15, 0.2) is 6.61 Å². The molecule has 0 fully saturated rings. The molecule has 150 valence electrons. The van der Waals surface area contributed by atoms with Gasteiger partial charge >= 0.3 is 5.97 Å². The van der Waals surface area contributed by atoms with E-state index in [1.165, 1.54) is 0 Å². The average molecular weight is 408 g/mol. The predicted molar refractivity (Wildman–Crippen MR) is 100 cm³/mol. The molecule has 7 nitrogen and oxygen atoms in total. The number of sulfonamides is 1. The number of ether oxygens (including phenoxy) is 1. The third-order valence-electron chi connectivity index (χ3n) is 4.04. The number of nitrogens with one attached hydrogen (secondary N) is 1. The van der Waals surface area contributed by atoms with E-state index in [9.17, 15) is 22.4 Å². The Hall–Kier alpha value is -2.78. The summed E-state index contributed by atoms with van der Waals surface area (Å²) >= 11 is 0. The van der Waals surface area contributed by atoms with E-state index in [1.54, 1.807) is 0 Å². The molecule has 0 saturated heterocycles. The standard InChI is InChI=1S/C19H21FN2O5S/c1-3-17(13-6-4-12(2)5-7-13)22-18(23)11-27-19(24)15-10-14(28(21,25)26)8-9-16(15)20/h4-10,17H,3,11H2,1-2H3,(H,22,23)(H2,21,25,26)/t17-/m1/s1. The maximum atomic E-state index is 13.8. The van der Waals surface area contributed by atoms with Crippen molar-refractivity contribution in [3.05, 3.63) is 65.0 Å². The molecular formula is C19H21FN2O5S. The molecule has 0 saturated carbocycles. The van der Waals surface area contributed by atoms with E-state index in [-0.39, 0.29) is 6.04 Å². The molecule has 3 N–H and O–H groups in total. The van der Waals surface area contributed by atoms with Crippen molar-refractivity contribution in [3.63, 3.8) is 0 Å². The maximum Gasteiger partial charge on any atom is 0.341 e. The number of esters is 1. The molecule has 0 heterocycles. The highest BCUT2D eigenvalue weighted by Gasteiger charge is 2.20. The lowest BCUT2D eigenvalue weighted by atomic mass is 10.0. The Kier molecular flexibility index (Phi) is 6.87. The van der Waals surface area contributed by atoms with E-state index >= 15 is 0 Å². The first kappa shape index (κ1) is 21.5. The van der Waals surface area contributed by atoms with Crippen molar-refractivity contribution < 1.29 is 27.1 Å². The van der Waals surface area contributed by atoms with Crippen LogP contribution in [-0.2, 0) is 19.6 Å². The molecule has 0 radical (unpaired) electrons. The smallest absolute Gasteiger partial charge is 0.341 e. The van der Waals surface area contributed by atoms with Crippen LogP contribution in [0.15, 0.2) is 47.4 Å². The summed E-state index contributed by atoms with van der Waals surface area (Å²) in [6.07, 6.45) is 0.619. The summed E-state index contributed by atoms with van der Waals surface area (Å²) in [7, 11) is -4.11. The van der Waals surface area contributed by atoms with Gasteiger partial charge in [0.2, 0.25) is 10.0 Å². The van der Waals surface area contributed by atoms with Gasteiger partial charge in [-0.3, -0.25) is 4.79 Å². The van der Waals surface area contributed by atoms with Crippen LogP contribution in [0.3, 0.4) is 0 Å². The SMILES string of the molecule is CC[C@@H](NC(=O)COC(=O)c1cc(S(N)(=O)=O)ccc1F)c1ccc(C)cc1. The zero-order chi connectivity index (χ0) is 20.9. The first-order valence-electron chi connectivity index (χ1n) is 8.47. The van der Waals surface area contributed by atoms with Crippen molar-refractivity contribution in [2.24, 2.45) is 5.14 Å². The molecule has 1 atom stereocenters. The molecule has 0 bridgehead atoms. The third-order valence-corrected chi connectivity index (χ3v) is 4.95. The highest BCUT2D eigenvalue weighted by atomic mass is 32.2. The van der Waals surface area contributed by atoms with Gasteiger partial charge in [-0.2, -0.15) is 0 Å². The summed E-state index contributed by atoms with van der Waals surface area (Å²) in [5, 5.41) is 7.70. The maximum absolute atomic E-state index is 13.8. The first-order chi connectivity index (χ1) is 13.1. The number of amides is 1. The number of nitrogens with two attached hydrogens (primary N) is 1. The fraction of sp³-hybridized carbons (Fsp3) is 0.263. The van der Waals surface area contributed by atoms with Gasteiger partial charge in [-0.05, 0) is 37.1 Å².